The van der Waals surface area contributed by atoms with Gasteiger partial charge in [0.15, 0.2) is 0 Å². The summed E-state index contributed by atoms with van der Waals surface area (Å²) in [4.78, 5) is 5.53. The Kier molecular flexibility index (Phi) is 2.19. The molecule has 3 heteroatoms. The van der Waals surface area contributed by atoms with Crippen molar-refractivity contribution in [3.8, 4) is 0 Å². The summed E-state index contributed by atoms with van der Waals surface area (Å²) in [5.74, 6) is 0.733. The van der Waals surface area contributed by atoms with Crippen LogP contribution in [0.5, 0.6) is 0 Å². The molecule has 0 spiro atoms. The number of rotatable bonds is 1. The van der Waals surface area contributed by atoms with E-state index in [9.17, 15) is 0 Å². The van der Waals surface area contributed by atoms with Gasteiger partial charge in [0.2, 0.25) is 0 Å². The van der Waals surface area contributed by atoms with Crippen molar-refractivity contribution < 1.29 is 0 Å². The molecule has 11 heavy (non-hydrogen) atoms. The van der Waals surface area contributed by atoms with Crippen molar-refractivity contribution in [1.29, 1.82) is 0 Å². The number of nitrogens with zero attached hydrogens (tertiary/aromatic N) is 1. The second-order valence-electron chi connectivity index (χ2n) is 2.95. The van der Waals surface area contributed by atoms with Gasteiger partial charge in [-0.25, -0.2) is 0 Å². The normalized spacial score (nSPS) is 25.3. The highest BCUT2D eigenvalue weighted by atomic mass is 32.1. The molecule has 60 valence electrons. The van der Waals surface area contributed by atoms with Crippen molar-refractivity contribution in [2.75, 3.05) is 13.1 Å². The zero-order valence-electron chi connectivity index (χ0n) is 6.42. The van der Waals surface area contributed by atoms with Crippen LogP contribution in [0.4, 0.5) is 0 Å². The summed E-state index contributed by atoms with van der Waals surface area (Å²) in [5.41, 5.74) is 1.92. The van der Waals surface area contributed by atoms with Crippen molar-refractivity contribution in [3.05, 3.63) is 16.6 Å². The van der Waals surface area contributed by atoms with Crippen LogP contribution in [0.25, 0.3) is 0 Å². The first kappa shape index (κ1) is 7.25. The Labute approximate surface area is 70.7 Å². The van der Waals surface area contributed by atoms with Crippen LogP contribution >= 0.6 is 11.3 Å². The Balaban J connectivity index is 2.04. The van der Waals surface area contributed by atoms with Crippen molar-refractivity contribution in [2.45, 2.75) is 18.8 Å². The fraction of sp³-hybridized carbons (Fsp3) is 0.625. The Hall–Kier alpha value is -0.410. The lowest BCUT2D eigenvalue weighted by molar-refractivity contribution is 0.466. The van der Waals surface area contributed by atoms with Crippen molar-refractivity contribution in [1.82, 2.24) is 10.3 Å². The van der Waals surface area contributed by atoms with Crippen LogP contribution in [0.15, 0.2) is 11.7 Å². The molecule has 1 N–H and O–H groups in total. The molecule has 1 atom stereocenters. The van der Waals surface area contributed by atoms with E-state index in [0.717, 1.165) is 12.5 Å². The summed E-state index contributed by atoms with van der Waals surface area (Å²) in [5, 5.41) is 3.40. The first-order chi connectivity index (χ1) is 5.47. The van der Waals surface area contributed by atoms with E-state index < -0.39 is 0 Å². The van der Waals surface area contributed by atoms with E-state index in [0.29, 0.717) is 0 Å². The number of hydrogen-bond acceptors (Lipinski definition) is 3. The van der Waals surface area contributed by atoms with Crippen LogP contribution in [-0.4, -0.2) is 18.1 Å². The first-order valence-corrected chi connectivity index (χ1v) is 4.94. The monoisotopic (exact) mass is 168 g/mol. The number of hydrogen-bond donors (Lipinski definition) is 1. The van der Waals surface area contributed by atoms with Gasteiger partial charge < -0.3 is 5.32 Å². The summed E-state index contributed by atoms with van der Waals surface area (Å²) in [7, 11) is 0. The lowest BCUT2D eigenvalue weighted by atomic mass is 9.99. The molecule has 1 aliphatic rings. The van der Waals surface area contributed by atoms with Crippen LogP contribution in [0.3, 0.4) is 0 Å². The largest absolute Gasteiger partial charge is 0.316 e. The average Bonchev–Trinajstić information content (AvgIpc) is 2.58. The van der Waals surface area contributed by atoms with E-state index >= 15 is 0 Å². The third kappa shape index (κ3) is 1.60. The molecule has 0 saturated carbocycles. The van der Waals surface area contributed by atoms with E-state index in [4.69, 9.17) is 0 Å². The van der Waals surface area contributed by atoms with E-state index in [1.165, 1.54) is 24.3 Å². The number of aromatic nitrogens is 1. The van der Waals surface area contributed by atoms with E-state index in [2.05, 4.69) is 10.3 Å². The van der Waals surface area contributed by atoms with Gasteiger partial charge in [-0.3, -0.25) is 4.98 Å². The Bertz CT molecular complexity index is 202. The van der Waals surface area contributed by atoms with Crippen molar-refractivity contribution in [2.24, 2.45) is 0 Å². The van der Waals surface area contributed by atoms with Gasteiger partial charge in [-0.05, 0) is 19.4 Å². The molecule has 1 aromatic rings. The molecule has 1 fully saturated rings. The predicted octanol–water partition coefficient (Wildman–Crippen LogP) is 1.61. The highest BCUT2D eigenvalue weighted by Crippen LogP contribution is 2.25. The summed E-state index contributed by atoms with van der Waals surface area (Å²) in [6.45, 7) is 2.33. The molecule has 1 unspecified atom stereocenters. The maximum Gasteiger partial charge on any atom is 0.0794 e. The quantitative estimate of drug-likeness (QED) is 0.689. The Morgan fingerprint density at radius 1 is 1.64 bits per heavy atom. The topological polar surface area (TPSA) is 24.9 Å². The first-order valence-electron chi connectivity index (χ1n) is 4.06. The minimum atomic E-state index is 0.733. The lowest BCUT2D eigenvalue weighted by Gasteiger charge is -2.20. The smallest absolute Gasteiger partial charge is 0.0794 e. The van der Waals surface area contributed by atoms with E-state index in [1.807, 2.05) is 11.7 Å². The molecular formula is C8H12N2S. The molecule has 0 bridgehead atoms. The highest BCUT2D eigenvalue weighted by Gasteiger charge is 2.15. The van der Waals surface area contributed by atoms with Crippen LogP contribution in [-0.2, 0) is 0 Å². The molecular weight excluding hydrogens is 156 g/mol. The summed E-state index contributed by atoms with van der Waals surface area (Å²) >= 11 is 1.78. The standard InChI is InChI=1S/C8H12N2S/c1-2-7(4-9-3-1)8-5-10-6-11-8/h5-7,9H,1-4H2. The number of piperidine rings is 1. The van der Waals surface area contributed by atoms with E-state index in [1.54, 1.807) is 11.3 Å². The van der Waals surface area contributed by atoms with Crippen LogP contribution in [0, 0.1) is 0 Å². The van der Waals surface area contributed by atoms with Gasteiger partial charge in [0.25, 0.3) is 0 Å². The summed E-state index contributed by atoms with van der Waals surface area (Å²) in [6.07, 6.45) is 4.64. The van der Waals surface area contributed by atoms with Gasteiger partial charge in [-0.15, -0.1) is 11.3 Å². The van der Waals surface area contributed by atoms with Gasteiger partial charge in [0.05, 0.1) is 5.51 Å². The molecule has 0 amide bonds. The molecule has 0 aliphatic carbocycles. The van der Waals surface area contributed by atoms with Crippen LogP contribution in [0.2, 0.25) is 0 Å². The highest BCUT2D eigenvalue weighted by molar-refractivity contribution is 7.09. The zero-order chi connectivity index (χ0) is 7.52. The summed E-state index contributed by atoms with van der Waals surface area (Å²) < 4.78 is 0. The van der Waals surface area contributed by atoms with Gasteiger partial charge in [-0.2, -0.15) is 0 Å². The fourth-order valence-corrected chi connectivity index (χ4v) is 2.28. The van der Waals surface area contributed by atoms with E-state index in [-0.39, 0.29) is 0 Å². The maximum absolute atomic E-state index is 4.09. The van der Waals surface area contributed by atoms with Gasteiger partial charge in [0.1, 0.15) is 0 Å². The third-order valence-electron chi connectivity index (χ3n) is 2.15. The van der Waals surface area contributed by atoms with Crippen LogP contribution < -0.4 is 5.32 Å². The van der Waals surface area contributed by atoms with Crippen molar-refractivity contribution >= 4 is 11.3 Å². The molecule has 1 saturated heterocycles. The lowest BCUT2D eigenvalue weighted by Crippen LogP contribution is -2.27. The third-order valence-corrected chi connectivity index (χ3v) is 3.09. The molecule has 1 aliphatic heterocycles. The van der Waals surface area contributed by atoms with Gasteiger partial charge >= 0.3 is 0 Å². The second kappa shape index (κ2) is 3.32. The zero-order valence-corrected chi connectivity index (χ0v) is 7.23. The van der Waals surface area contributed by atoms with Gasteiger partial charge in [-0.1, -0.05) is 0 Å². The SMILES string of the molecule is c1ncc(C2CCCNC2)s1. The molecule has 2 heterocycles. The predicted molar refractivity (Wildman–Crippen MR) is 47.0 cm³/mol. The minimum absolute atomic E-state index is 0.733. The Morgan fingerprint density at radius 3 is 3.27 bits per heavy atom. The second-order valence-corrected chi connectivity index (χ2v) is 3.87. The minimum Gasteiger partial charge on any atom is -0.316 e. The van der Waals surface area contributed by atoms with Crippen molar-refractivity contribution in [3.63, 3.8) is 0 Å². The van der Waals surface area contributed by atoms with Crippen LogP contribution in [0.1, 0.15) is 23.6 Å². The summed E-state index contributed by atoms with van der Waals surface area (Å²) in [6, 6.07) is 0. The molecule has 0 aromatic carbocycles. The maximum atomic E-state index is 4.09. The number of nitrogens with one attached hydrogen (secondary N) is 1. The molecule has 1 aromatic heterocycles. The molecule has 2 rings (SSSR count). The fourth-order valence-electron chi connectivity index (χ4n) is 1.52. The average molecular weight is 168 g/mol. The molecule has 0 radical (unpaired) electrons. The molecule has 2 nitrogen and oxygen atoms in total. The number of thiazole rings is 1. The Morgan fingerprint density at radius 2 is 2.64 bits per heavy atom. The van der Waals surface area contributed by atoms with Gasteiger partial charge in [0, 0.05) is 23.5 Å².